The number of hydrogen-bond acceptors (Lipinski definition) is 7. The van der Waals surface area contributed by atoms with Gasteiger partial charge in [0, 0.05) is 77.4 Å². The lowest BCUT2D eigenvalue weighted by Crippen LogP contribution is -2.54. The Bertz CT molecular complexity index is 1130. The molecule has 1 aromatic rings. The summed E-state index contributed by atoms with van der Waals surface area (Å²) >= 11 is 0. The normalized spacial score (nSPS) is 27.1. The fourth-order valence-corrected chi connectivity index (χ4v) is 9.33. The highest BCUT2D eigenvalue weighted by Gasteiger charge is 2.35. The van der Waals surface area contributed by atoms with Crippen molar-refractivity contribution in [2.24, 2.45) is 0 Å². The molecule has 0 N–H and O–H groups in total. The van der Waals surface area contributed by atoms with Gasteiger partial charge in [0.05, 0.1) is 12.0 Å². The standard InChI is InChI=1S/C31H51N5O4S/c1-24-21-29(40-4)22-25(2)31(24)41(38,39)32(3)15-12-30(37)36-16-11-28(23-36)35-19-17-34(18-20-35)27-9-7-26(8-10-27)33-13-5-6-14-33/h21-22,26-28H,5-20,23H2,1-4H3. The number of amides is 1. The Hall–Kier alpha value is -1.72. The molecule has 1 aromatic carbocycles. The highest BCUT2D eigenvalue weighted by Crippen LogP contribution is 2.30. The Morgan fingerprint density at radius 1 is 0.829 bits per heavy atom. The zero-order chi connectivity index (χ0) is 29.1. The molecule has 0 radical (unpaired) electrons. The van der Waals surface area contributed by atoms with E-state index in [2.05, 4.69) is 14.7 Å². The van der Waals surface area contributed by atoms with Crippen LogP contribution in [0.4, 0.5) is 0 Å². The number of likely N-dealkylation sites (tertiary alicyclic amines) is 2. The first kappa shape index (κ1) is 30.7. The average molecular weight is 590 g/mol. The first-order valence-electron chi connectivity index (χ1n) is 15.8. The molecule has 1 amide bonds. The first-order chi connectivity index (χ1) is 19.7. The van der Waals surface area contributed by atoms with E-state index in [1.54, 1.807) is 40.1 Å². The first-order valence-corrected chi connectivity index (χ1v) is 17.2. The fourth-order valence-electron chi connectivity index (χ4n) is 7.75. The van der Waals surface area contributed by atoms with Crippen LogP contribution in [0.15, 0.2) is 17.0 Å². The molecule has 4 fully saturated rings. The predicted octanol–water partition coefficient (Wildman–Crippen LogP) is 2.95. The largest absolute Gasteiger partial charge is 0.497 e. The Morgan fingerprint density at radius 3 is 1.88 bits per heavy atom. The SMILES string of the molecule is COc1cc(C)c(S(=O)(=O)N(C)CCC(=O)N2CCC(N3CCN(C4CCC(N5CCCC5)CC4)CC3)C2)c(C)c1. The summed E-state index contributed by atoms with van der Waals surface area (Å²) in [5.74, 6) is 0.688. The minimum absolute atomic E-state index is 0.0473. The van der Waals surface area contributed by atoms with Crippen LogP contribution in [0.3, 0.4) is 0 Å². The molecule has 3 heterocycles. The highest BCUT2D eigenvalue weighted by molar-refractivity contribution is 7.89. The molecule has 9 nitrogen and oxygen atoms in total. The summed E-state index contributed by atoms with van der Waals surface area (Å²) in [7, 11) is -0.563. The lowest BCUT2D eigenvalue weighted by atomic mass is 9.89. The van der Waals surface area contributed by atoms with Gasteiger partial charge < -0.3 is 14.5 Å². The van der Waals surface area contributed by atoms with E-state index in [4.69, 9.17) is 4.74 Å². The quantitative estimate of drug-likeness (QED) is 0.439. The molecular weight excluding hydrogens is 538 g/mol. The maximum atomic E-state index is 13.3. The number of rotatable bonds is 9. The summed E-state index contributed by atoms with van der Waals surface area (Å²) in [5.41, 5.74) is 1.30. The maximum Gasteiger partial charge on any atom is 0.243 e. The van der Waals surface area contributed by atoms with E-state index in [9.17, 15) is 13.2 Å². The van der Waals surface area contributed by atoms with Crippen molar-refractivity contribution in [1.29, 1.82) is 0 Å². The number of sulfonamides is 1. The Kier molecular flexibility index (Phi) is 9.96. The number of carbonyl (C=O) groups is 1. The van der Waals surface area contributed by atoms with Crippen molar-refractivity contribution in [3.63, 3.8) is 0 Å². The summed E-state index contributed by atoms with van der Waals surface area (Å²) in [4.78, 5) is 23.4. The summed E-state index contributed by atoms with van der Waals surface area (Å²) in [5, 5.41) is 0. The Labute approximate surface area is 247 Å². The Morgan fingerprint density at radius 2 is 1.34 bits per heavy atom. The second-order valence-electron chi connectivity index (χ2n) is 12.7. The number of hydrogen-bond donors (Lipinski definition) is 0. The van der Waals surface area contributed by atoms with Gasteiger partial charge in [-0.2, -0.15) is 0 Å². The lowest BCUT2D eigenvalue weighted by molar-refractivity contribution is -0.130. The van der Waals surface area contributed by atoms with E-state index < -0.39 is 10.0 Å². The zero-order valence-corrected chi connectivity index (χ0v) is 26.5. The lowest BCUT2D eigenvalue weighted by Gasteiger charge is -2.44. The van der Waals surface area contributed by atoms with Crippen LogP contribution in [0, 0.1) is 13.8 Å². The Balaban J connectivity index is 1.05. The third-order valence-corrected chi connectivity index (χ3v) is 12.4. The van der Waals surface area contributed by atoms with E-state index in [0.29, 0.717) is 27.8 Å². The number of methoxy groups -OCH3 is 1. The van der Waals surface area contributed by atoms with Crippen molar-refractivity contribution in [1.82, 2.24) is 23.9 Å². The zero-order valence-electron chi connectivity index (χ0n) is 25.7. The summed E-state index contributed by atoms with van der Waals surface area (Å²) in [6, 6.07) is 5.47. The van der Waals surface area contributed by atoms with E-state index in [0.717, 1.165) is 57.8 Å². The molecule has 3 saturated heterocycles. The smallest absolute Gasteiger partial charge is 0.243 e. The number of nitrogens with zero attached hydrogens (tertiary/aromatic N) is 5. The molecule has 0 spiro atoms. The second kappa shape index (κ2) is 13.3. The van der Waals surface area contributed by atoms with E-state index in [-0.39, 0.29) is 18.9 Å². The van der Waals surface area contributed by atoms with Gasteiger partial charge in [0.1, 0.15) is 5.75 Å². The van der Waals surface area contributed by atoms with Gasteiger partial charge in [-0.3, -0.25) is 14.6 Å². The van der Waals surface area contributed by atoms with Crippen LogP contribution < -0.4 is 4.74 Å². The van der Waals surface area contributed by atoms with Gasteiger partial charge in [-0.15, -0.1) is 0 Å². The maximum absolute atomic E-state index is 13.3. The molecule has 1 unspecified atom stereocenters. The van der Waals surface area contributed by atoms with Crippen LogP contribution >= 0.6 is 0 Å². The van der Waals surface area contributed by atoms with Gasteiger partial charge in [0.2, 0.25) is 15.9 Å². The van der Waals surface area contributed by atoms with Crippen LogP contribution in [-0.4, -0.2) is 129 Å². The van der Waals surface area contributed by atoms with Crippen molar-refractivity contribution in [3.8, 4) is 5.75 Å². The molecule has 230 valence electrons. The van der Waals surface area contributed by atoms with Gasteiger partial charge in [-0.1, -0.05) is 0 Å². The molecule has 41 heavy (non-hydrogen) atoms. The predicted molar refractivity (Wildman–Crippen MR) is 162 cm³/mol. The summed E-state index contributed by atoms with van der Waals surface area (Å²) in [6.45, 7) is 12.3. The van der Waals surface area contributed by atoms with Crippen molar-refractivity contribution >= 4 is 15.9 Å². The molecule has 3 aliphatic heterocycles. The topological polar surface area (TPSA) is 76.6 Å². The summed E-state index contributed by atoms with van der Waals surface area (Å²) < 4.78 is 33.3. The minimum atomic E-state index is -3.70. The molecule has 10 heteroatoms. The van der Waals surface area contributed by atoms with Crippen LogP contribution in [0.1, 0.15) is 62.5 Å². The average Bonchev–Trinajstić information content (AvgIpc) is 3.69. The van der Waals surface area contributed by atoms with E-state index in [1.165, 1.54) is 55.9 Å². The number of carbonyl (C=O) groups excluding carboxylic acids is 1. The second-order valence-corrected chi connectivity index (χ2v) is 14.7. The molecule has 5 rings (SSSR count). The number of ether oxygens (including phenoxy) is 1. The van der Waals surface area contributed by atoms with Gasteiger partial charge >= 0.3 is 0 Å². The van der Waals surface area contributed by atoms with Crippen molar-refractivity contribution in [2.45, 2.75) is 88.2 Å². The van der Waals surface area contributed by atoms with Crippen molar-refractivity contribution in [3.05, 3.63) is 23.3 Å². The van der Waals surface area contributed by atoms with Gasteiger partial charge in [0.25, 0.3) is 0 Å². The van der Waals surface area contributed by atoms with E-state index >= 15 is 0 Å². The van der Waals surface area contributed by atoms with Crippen molar-refractivity contribution < 1.29 is 17.9 Å². The van der Waals surface area contributed by atoms with Crippen LogP contribution in [-0.2, 0) is 14.8 Å². The molecular formula is C31H51N5O4S. The van der Waals surface area contributed by atoms with Gasteiger partial charge in [0.15, 0.2) is 0 Å². The van der Waals surface area contributed by atoms with Gasteiger partial charge in [-0.25, -0.2) is 12.7 Å². The van der Waals surface area contributed by atoms with Crippen LogP contribution in [0.5, 0.6) is 5.75 Å². The highest BCUT2D eigenvalue weighted by atomic mass is 32.2. The fraction of sp³-hybridized carbons (Fsp3) is 0.774. The minimum Gasteiger partial charge on any atom is -0.497 e. The molecule has 0 bridgehead atoms. The third-order valence-electron chi connectivity index (χ3n) is 10.2. The molecule has 4 aliphatic rings. The molecule has 1 atom stereocenters. The summed E-state index contributed by atoms with van der Waals surface area (Å²) in [6.07, 6.45) is 9.38. The molecule has 0 aromatic heterocycles. The molecule has 1 aliphatic carbocycles. The monoisotopic (exact) mass is 589 g/mol. The van der Waals surface area contributed by atoms with E-state index in [1.807, 2.05) is 4.90 Å². The molecule has 1 saturated carbocycles. The van der Waals surface area contributed by atoms with Crippen LogP contribution in [0.2, 0.25) is 0 Å². The number of benzene rings is 1. The number of aryl methyl sites for hydroxylation is 2. The van der Waals surface area contributed by atoms with Crippen LogP contribution in [0.25, 0.3) is 0 Å². The van der Waals surface area contributed by atoms with Crippen molar-refractivity contribution in [2.75, 3.05) is 73.1 Å². The van der Waals surface area contributed by atoms with Gasteiger partial charge in [-0.05, 0) is 95.1 Å². The number of piperazine rings is 1. The third kappa shape index (κ3) is 6.93.